The molecule has 0 heterocycles. The van der Waals surface area contributed by atoms with E-state index in [4.69, 9.17) is 11.6 Å². The second-order valence-corrected chi connectivity index (χ2v) is 5.34. The number of non-ortho nitro benzene ring substituents is 1. The molecule has 7 nitrogen and oxygen atoms in total. The highest BCUT2D eigenvalue weighted by Gasteiger charge is 2.09. The molecule has 8 heteroatoms. The number of rotatable bonds is 6. The normalized spacial score (nSPS) is 10.0. The summed E-state index contributed by atoms with van der Waals surface area (Å²) in [6, 6.07) is 12.1. The van der Waals surface area contributed by atoms with Crippen LogP contribution in [0.4, 0.5) is 17.1 Å². The Hall–Kier alpha value is -2.93. The standard InChI is InChI=1S/C16H14ClN3O4/c17-11-1-3-12(4-2-11)18-15(21)9-10-16(22)19-13-5-7-14(8-6-13)20(23)24/h1-8H,9-10H2,(H,18,21)(H,19,22). The highest BCUT2D eigenvalue weighted by Crippen LogP contribution is 2.16. The van der Waals surface area contributed by atoms with Gasteiger partial charge in [-0.1, -0.05) is 11.6 Å². The van der Waals surface area contributed by atoms with E-state index in [9.17, 15) is 19.7 Å². The van der Waals surface area contributed by atoms with E-state index in [1.54, 1.807) is 24.3 Å². The molecule has 2 N–H and O–H groups in total. The fraction of sp³-hybridized carbons (Fsp3) is 0.125. The van der Waals surface area contributed by atoms with E-state index in [1.807, 2.05) is 0 Å². The van der Waals surface area contributed by atoms with Crippen LogP contribution in [0.25, 0.3) is 0 Å². The molecule has 0 fully saturated rings. The molecule has 0 saturated carbocycles. The molecule has 2 aromatic rings. The lowest BCUT2D eigenvalue weighted by Gasteiger charge is -2.06. The molecule has 0 bridgehead atoms. The van der Waals surface area contributed by atoms with Crippen LogP contribution < -0.4 is 10.6 Å². The summed E-state index contributed by atoms with van der Waals surface area (Å²) in [5.41, 5.74) is 0.972. The first-order valence-corrected chi connectivity index (χ1v) is 7.41. The summed E-state index contributed by atoms with van der Waals surface area (Å²) in [6.07, 6.45) is 0.0118. The third kappa shape index (κ3) is 5.36. The minimum atomic E-state index is -0.521. The van der Waals surface area contributed by atoms with Crippen molar-refractivity contribution in [2.24, 2.45) is 0 Å². The Morgan fingerprint density at radius 2 is 1.29 bits per heavy atom. The molecule has 0 aromatic heterocycles. The van der Waals surface area contributed by atoms with Gasteiger partial charge in [0, 0.05) is 41.4 Å². The first-order chi connectivity index (χ1) is 11.4. The third-order valence-electron chi connectivity index (χ3n) is 3.07. The predicted molar refractivity (Wildman–Crippen MR) is 91.0 cm³/mol. The van der Waals surface area contributed by atoms with E-state index in [2.05, 4.69) is 10.6 Å². The van der Waals surface area contributed by atoms with Crippen molar-refractivity contribution in [2.45, 2.75) is 12.8 Å². The van der Waals surface area contributed by atoms with Crippen LogP contribution in [0, 0.1) is 10.1 Å². The molecule has 0 spiro atoms. The zero-order chi connectivity index (χ0) is 17.5. The van der Waals surface area contributed by atoms with E-state index in [-0.39, 0.29) is 30.3 Å². The number of benzene rings is 2. The molecule has 0 saturated heterocycles. The van der Waals surface area contributed by atoms with Crippen molar-refractivity contribution in [1.82, 2.24) is 0 Å². The summed E-state index contributed by atoms with van der Waals surface area (Å²) in [4.78, 5) is 33.6. The fourth-order valence-corrected chi connectivity index (χ4v) is 2.00. The van der Waals surface area contributed by atoms with Crippen molar-refractivity contribution >= 4 is 40.5 Å². The van der Waals surface area contributed by atoms with Crippen molar-refractivity contribution in [2.75, 3.05) is 10.6 Å². The average molecular weight is 348 g/mol. The molecule has 2 amide bonds. The third-order valence-corrected chi connectivity index (χ3v) is 3.32. The van der Waals surface area contributed by atoms with Gasteiger partial charge in [0.25, 0.3) is 5.69 Å². The van der Waals surface area contributed by atoms with Gasteiger partial charge in [-0.15, -0.1) is 0 Å². The van der Waals surface area contributed by atoms with E-state index in [0.717, 1.165) is 0 Å². The van der Waals surface area contributed by atoms with Crippen LogP contribution in [0.15, 0.2) is 48.5 Å². The average Bonchev–Trinajstić information content (AvgIpc) is 2.55. The lowest BCUT2D eigenvalue weighted by atomic mass is 10.2. The van der Waals surface area contributed by atoms with E-state index in [0.29, 0.717) is 16.4 Å². The Morgan fingerprint density at radius 3 is 1.71 bits per heavy atom. The maximum atomic E-state index is 11.8. The molecule has 0 aliphatic heterocycles. The van der Waals surface area contributed by atoms with Gasteiger partial charge in [-0.05, 0) is 36.4 Å². The number of carbonyl (C=O) groups is 2. The predicted octanol–water partition coefficient (Wildman–Crippen LogP) is 3.61. The van der Waals surface area contributed by atoms with Crippen molar-refractivity contribution in [3.05, 3.63) is 63.7 Å². The molecular weight excluding hydrogens is 334 g/mol. The van der Waals surface area contributed by atoms with E-state index < -0.39 is 4.92 Å². The van der Waals surface area contributed by atoms with Crippen molar-refractivity contribution in [3.63, 3.8) is 0 Å². The number of hydrogen-bond acceptors (Lipinski definition) is 4. The lowest BCUT2D eigenvalue weighted by molar-refractivity contribution is -0.384. The number of anilines is 2. The molecule has 0 radical (unpaired) electrons. The SMILES string of the molecule is O=C(CCC(=O)Nc1ccc([N+](=O)[O-])cc1)Nc1ccc(Cl)cc1. The first kappa shape index (κ1) is 17.4. The lowest BCUT2D eigenvalue weighted by Crippen LogP contribution is -2.17. The largest absolute Gasteiger partial charge is 0.326 e. The van der Waals surface area contributed by atoms with Gasteiger partial charge in [0.05, 0.1) is 4.92 Å². The summed E-state index contributed by atoms with van der Waals surface area (Å²) >= 11 is 5.75. The van der Waals surface area contributed by atoms with Crippen molar-refractivity contribution in [3.8, 4) is 0 Å². The van der Waals surface area contributed by atoms with Crippen LogP contribution in [0.2, 0.25) is 5.02 Å². The van der Waals surface area contributed by atoms with Crippen LogP contribution in [0.1, 0.15) is 12.8 Å². The van der Waals surface area contributed by atoms with Gasteiger partial charge in [-0.2, -0.15) is 0 Å². The Balaban J connectivity index is 1.78. The van der Waals surface area contributed by atoms with E-state index in [1.165, 1.54) is 24.3 Å². The highest BCUT2D eigenvalue weighted by atomic mass is 35.5. The number of nitrogens with zero attached hydrogens (tertiary/aromatic N) is 1. The number of nitro groups is 1. The molecule has 0 unspecified atom stereocenters. The highest BCUT2D eigenvalue weighted by molar-refractivity contribution is 6.30. The molecule has 0 aliphatic rings. The van der Waals surface area contributed by atoms with Gasteiger partial charge in [-0.3, -0.25) is 19.7 Å². The molecule has 2 rings (SSSR count). The number of halogens is 1. The summed E-state index contributed by atoms with van der Waals surface area (Å²) in [7, 11) is 0. The Kier molecular flexibility index (Phi) is 5.86. The quantitative estimate of drug-likeness (QED) is 0.615. The van der Waals surface area contributed by atoms with Gasteiger partial charge < -0.3 is 10.6 Å². The molecule has 0 aliphatic carbocycles. The van der Waals surface area contributed by atoms with Crippen LogP contribution in [-0.4, -0.2) is 16.7 Å². The molecule has 2 aromatic carbocycles. The zero-order valence-corrected chi connectivity index (χ0v) is 13.2. The molecule has 124 valence electrons. The summed E-state index contributed by atoms with van der Waals surface area (Å²) < 4.78 is 0. The van der Waals surface area contributed by atoms with Gasteiger partial charge in [0.15, 0.2) is 0 Å². The summed E-state index contributed by atoms with van der Waals surface area (Å²) in [6.45, 7) is 0. The number of carbonyl (C=O) groups excluding carboxylic acids is 2. The Labute approximate surface area is 142 Å². The minimum Gasteiger partial charge on any atom is -0.326 e. The van der Waals surface area contributed by atoms with Gasteiger partial charge >= 0.3 is 0 Å². The van der Waals surface area contributed by atoms with Crippen LogP contribution in [0.3, 0.4) is 0 Å². The number of nitro benzene ring substituents is 1. The number of hydrogen-bond donors (Lipinski definition) is 2. The van der Waals surface area contributed by atoms with Crippen LogP contribution in [0.5, 0.6) is 0 Å². The maximum absolute atomic E-state index is 11.8. The number of nitrogens with one attached hydrogen (secondary N) is 2. The Morgan fingerprint density at radius 1 is 0.875 bits per heavy atom. The maximum Gasteiger partial charge on any atom is 0.269 e. The summed E-state index contributed by atoms with van der Waals surface area (Å²) in [5.74, 6) is -0.647. The fourth-order valence-electron chi connectivity index (χ4n) is 1.87. The van der Waals surface area contributed by atoms with Gasteiger partial charge in [0.1, 0.15) is 0 Å². The summed E-state index contributed by atoms with van der Waals surface area (Å²) in [5, 5.41) is 16.3. The molecular formula is C16H14ClN3O4. The molecule has 24 heavy (non-hydrogen) atoms. The van der Waals surface area contributed by atoms with Gasteiger partial charge in [-0.25, -0.2) is 0 Å². The van der Waals surface area contributed by atoms with Gasteiger partial charge in [0.2, 0.25) is 11.8 Å². The topological polar surface area (TPSA) is 101 Å². The van der Waals surface area contributed by atoms with E-state index >= 15 is 0 Å². The van der Waals surface area contributed by atoms with Crippen molar-refractivity contribution in [1.29, 1.82) is 0 Å². The monoisotopic (exact) mass is 347 g/mol. The molecule has 0 atom stereocenters. The zero-order valence-electron chi connectivity index (χ0n) is 12.5. The van der Waals surface area contributed by atoms with Crippen molar-refractivity contribution < 1.29 is 14.5 Å². The number of amides is 2. The smallest absolute Gasteiger partial charge is 0.269 e. The van der Waals surface area contributed by atoms with Crippen LogP contribution >= 0.6 is 11.6 Å². The second-order valence-electron chi connectivity index (χ2n) is 4.91. The first-order valence-electron chi connectivity index (χ1n) is 7.04. The Bertz CT molecular complexity index is 745. The second kappa shape index (κ2) is 8.07. The van der Waals surface area contributed by atoms with Crippen LogP contribution in [-0.2, 0) is 9.59 Å². The minimum absolute atomic E-state index is 0.00356.